The minimum atomic E-state index is -0.201. The van der Waals surface area contributed by atoms with Crippen molar-refractivity contribution >= 4 is 0 Å². The Morgan fingerprint density at radius 1 is 1.47 bits per heavy atom. The van der Waals surface area contributed by atoms with Crippen molar-refractivity contribution in [3.05, 3.63) is 35.1 Å². The van der Waals surface area contributed by atoms with E-state index in [0.29, 0.717) is 6.42 Å². The summed E-state index contributed by atoms with van der Waals surface area (Å²) in [5.74, 6) is -0.127. The smallest absolute Gasteiger partial charge is 0.126 e. The first-order valence-electron chi connectivity index (χ1n) is 5.17. The minimum Gasteiger partial charge on any atom is -0.375 e. The van der Waals surface area contributed by atoms with Gasteiger partial charge in [0.1, 0.15) is 5.82 Å². The fraction of sp³-hybridized carbons (Fsp3) is 0.500. The van der Waals surface area contributed by atoms with Gasteiger partial charge in [0.2, 0.25) is 0 Å². The number of halogens is 1. The lowest BCUT2D eigenvalue weighted by Crippen LogP contribution is -2.62. The number of ether oxygens (including phenoxy) is 1. The number of methoxy groups -OCH3 is 1. The summed E-state index contributed by atoms with van der Waals surface area (Å²) in [4.78, 5) is 0. The number of aryl methyl sites for hydroxylation is 1. The number of rotatable bonds is 3. The molecule has 3 heteroatoms. The van der Waals surface area contributed by atoms with Gasteiger partial charge in [-0.2, -0.15) is 0 Å². The zero-order valence-electron chi connectivity index (χ0n) is 9.14. The van der Waals surface area contributed by atoms with E-state index < -0.39 is 0 Å². The zero-order valence-corrected chi connectivity index (χ0v) is 9.14. The van der Waals surface area contributed by atoms with Crippen LogP contribution in [0.15, 0.2) is 18.2 Å². The Morgan fingerprint density at radius 2 is 2.20 bits per heavy atom. The lowest BCUT2D eigenvalue weighted by Gasteiger charge is -2.41. The second-order valence-corrected chi connectivity index (χ2v) is 4.20. The summed E-state index contributed by atoms with van der Waals surface area (Å²) in [7, 11) is 1.69. The maximum Gasteiger partial charge on any atom is 0.126 e. The van der Waals surface area contributed by atoms with Crippen molar-refractivity contribution in [2.75, 3.05) is 20.2 Å². The van der Waals surface area contributed by atoms with Crippen LogP contribution in [-0.4, -0.2) is 25.8 Å². The van der Waals surface area contributed by atoms with Crippen molar-refractivity contribution in [1.82, 2.24) is 5.32 Å². The lowest BCUT2D eigenvalue weighted by molar-refractivity contribution is -0.0508. The third kappa shape index (κ3) is 1.90. The molecule has 1 saturated heterocycles. The van der Waals surface area contributed by atoms with Crippen molar-refractivity contribution in [3.8, 4) is 0 Å². The first-order valence-corrected chi connectivity index (χ1v) is 5.17. The second-order valence-electron chi connectivity index (χ2n) is 4.20. The summed E-state index contributed by atoms with van der Waals surface area (Å²) < 4.78 is 19.1. The second kappa shape index (κ2) is 3.91. The van der Waals surface area contributed by atoms with Crippen LogP contribution in [0.5, 0.6) is 0 Å². The maximum atomic E-state index is 13.6. The summed E-state index contributed by atoms with van der Waals surface area (Å²) in [5, 5.41) is 3.16. The van der Waals surface area contributed by atoms with Gasteiger partial charge in [0.15, 0.2) is 0 Å². The van der Waals surface area contributed by atoms with Crippen LogP contribution in [0.3, 0.4) is 0 Å². The van der Waals surface area contributed by atoms with E-state index in [1.807, 2.05) is 13.0 Å². The van der Waals surface area contributed by atoms with Gasteiger partial charge >= 0.3 is 0 Å². The van der Waals surface area contributed by atoms with Crippen molar-refractivity contribution in [2.24, 2.45) is 0 Å². The Hall–Kier alpha value is -0.930. The minimum absolute atomic E-state index is 0.127. The van der Waals surface area contributed by atoms with Crippen LogP contribution in [0, 0.1) is 12.7 Å². The summed E-state index contributed by atoms with van der Waals surface area (Å²) in [6.07, 6.45) is 0.648. The summed E-state index contributed by atoms with van der Waals surface area (Å²) in [6.45, 7) is 3.54. The van der Waals surface area contributed by atoms with Crippen LogP contribution in [0.25, 0.3) is 0 Å². The number of hydrogen-bond acceptors (Lipinski definition) is 2. The summed E-state index contributed by atoms with van der Waals surface area (Å²) in [6, 6.07) is 5.19. The van der Waals surface area contributed by atoms with Crippen LogP contribution in [0.1, 0.15) is 11.1 Å². The molecule has 15 heavy (non-hydrogen) atoms. The van der Waals surface area contributed by atoms with Gasteiger partial charge in [-0.3, -0.25) is 0 Å². The van der Waals surface area contributed by atoms with E-state index in [-0.39, 0.29) is 11.4 Å². The monoisotopic (exact) mass is 209 g/mol. The van der Waals surface area contributed by atoms with Gasteiger partial charge in [0, 0.05) is 26.6 Å². The lowest BCUT2D eigenvalue weighted by atomic mass is 9.87. The summed E-state index contributed by atoms with van der Waals surface area (Å²) in [5.41, 5.74) is 1.58. The summed E-state index contributed by atoms with van der Waals surface area (Å²) >= 11 is 0. The number of nitrogens with one attached hydrogen (secondary N) is 1. The number of benzene rings is 1. The van der Waals surface area contributed by atoms with E-state index in [1.54, 1.807) is 13.2 Å². The van der Waals surface area contributed by atoms with Gasteiger partial charge in [-0.1, -0.05) is 12.1 Å². The highest BCUT2D eigenvalue weighted by Gasteiger charge is 2.37. The highest BCUT2D eigenvalue weighted by Crippen LogP contribution is 2.25. The Balaban J connectivity index is 2.23. The molecule has 2 nitrogen and oxygen atoms in total. The standard InChI is InChI=1S/C12H16FNO/c1-9-4-3-5-11(13)10(9)6-12(15-2)7-14-8-12/h3-5,14H,6-8H2,1-2H3. The molecule has 0 spiro atoms. The molecule has 0 bridgehead atoms. The molecule has 82 valence electrons. The van der Waals surface area contributed by atoms with Crippen LogP contribution >= 0.6 is 0 Å². The molecule has 1 aromatic carbocycles. The van der Waals surface area contributed by atoms with Crippen LogP contribution in [0.4, 0.5) is 4.39 Å². The molecule has 1 aromatic rings. The van der Waals surface area contributed by atoms with Crippen LogP contribution in [0.2, 0.25) is 0 Å². The van der Waals surface area contributed by atoms with E-state index in [1.165, 1.54) is 6.07 Å². The molecule has 1 heterocycles. The average Bonchev–Trinajstić information content (AvgIpc) is 2.15. The van der Waals surface area contributed by atoms with E-state index in [2.05, 4.69) is 5.32 Å². The predicted molar refractivity (Wildman–Crippen MR) is 57.5 cm³/mol. The first kappa shape index (κ1) is 10.6. The molecule has 0 aromatic heterocycles. The maximum absolute atomic E-state index is 13.6. The molecule has 0 atom stereocenters. The van der Waals surface area contributed by atoms with Crippen LogP contribution in [-0.2, 0) is 11.2 Å². The van der Waals surface area contributed by atoms with Gasteiger partial charge < -0.3 is 10.1 Å². The van der Waals surface area contributed by atoms with E-state index in [9.17, 15) is 4.39 Å². The Bertz CT molecular complexity index is 335. The Labute approximate surface area is 89.4 Å². The highest BCUT2D eigenvalue weighted by molar-refractivity contribution is 5.29. The van der Waals surface area contributed by atoms with Crippen molar-refractivity contribution in [1.29, 1.82) is 0 Å². The molecule has 1 aliphatic rings. The fourth-order valence-electron chi connectivity index (χ4n) is 1.96. The third-order valence-corrected chi connectivity index (χ3v) is 3.18. The van der Waals surface area contributed by atoms with E-state index >= 15 is 0 Å². The quantitative estimate of drug-likeness (QED) is 0.817. The SMILES string of the molecule is COC1(Cc2c(C)cccc2F)CNC1. The molecule has 1 N–H and O–H groups in total. The van der Waals surface area contributed by atoms with Crippen molar-refractivity contribution in [3.63, 3.8) is 0 Å². The molecular formula is C12H16FNO. The molecule has 0 amide bonds. The van der Waals surface area contributed by atoms with Gasteiger partial charge in [-0.05, 0) is 24.1 Å². The Morgan fingerprint density at radius 3 is 2.67 bits per heavy atom. The normalized spacial score (nSPS) is 18.6. The average molecular weight is 209 g/mol. The van der Waals surface area contributed by atoms with Gasteiger partial charge in [-0.15, -0.1) is 0 Å². The van der Waals surface area contributed by atoms with Crippen molar-refractivity contribution < 1.29 is 9.13 Å². The van der Waals surface area contributed by atoms with Crippen LogP contribution < -0.4 is 5.32 Å². The van der Waals surface area contributed by atoms with Gasteiger partial charge in [-0.25, -0.2) is 4.39 Å². The molecule has 0 aliphatic carbocycles. The fourth-order valence-corrected chi connectivity index (χ4v) is 1.96. The Kier molecular flexibility index (Phi) is 2.76. The molecule has 0 unspecified atom stereocenters. The van der Waals surface area contributed by atoms with Gasteiger partial charge in [0.25, 0.3) is 0 Å². The third-order valence-electron chi connectivity index (χ3n) is 3.18. The molecule has 0 saturated carbocycles. The largest absolute Gasteiger partial charge is 0.375 e. The molecule has 2 rings (SSSR count). The predicted octanol–water partition coefficient (Wildman–Crippen LogP) is 1.67. The zero-order chi connectivity index (χ0) is 10.9. The first-order chi connectivity index (χ1) is 7.17. The van der Waals surface area contributed by atoms with E-state index in [4.69, 9.17) is 4.74 Å². The van der Waals surface area contributed by atoms with Gasteiger partial charge in [0.05, 0.1) is 5.60 Å². The molecule has 0 radical (unpaired) electrons. The topological polar surface area (TPSA) is 21.3 Å². The highest BCUT2D eigenvalue weighted by atomic mass is 19.1. The molecular weight excluding hydrogens is 193 g/mol. The van der Waals surface area contributed by atoms with E-state index in [0.717, 1.165) is 24.2 Å². The van der Waals surface area contributed by atoms with Crippen molar-refractivity contribution in [2.45, 2.75) is 18.9 Å². The number of hydrogen-bond donors (Lipinski definition) is 1. The molecule has 1 fully saturated rings. The molecule has 1 aliphatic heterocycles.